The molecule has 0 spiro atoms. The van der Waals surface area contributed by atoms with Gasteiger partial charge in [0.15, 0.2) is 6.29 Å². The third-order valence-electron chi connectivity index (χ3n) is 6.80. The third kappa shape index (κ3) is 5.31. The second-order valence-electron chi connectivity index (χ2n) is 8.96. The molecular formula is C26H34N2O4. The SMILES string of the molecule is C[C@@H](NC(=O)N[C@H]1CC[C@H](CC2OCCO2)CC1)C(O)(c1ccccc1)c1ccccc1. The van der Waals surface area contributed by atoms with Crippen LogP contribution in [0.5, 0.6) is 0 Å². The van der Waals surface area contributed by atoms with Crippen molar-refractivity contribution in [3.63, 3.8) is 0 Å². The highest BCUT2D eigenvalue weighted by Crippen LogP contribution is 2.33. The predicted octanol–water partition coefficient (Wildman–Crippen LogP) is 3.93. The first-order chi connectivity index (χ1) is 15.6. The van der Waals surface area contributed by atoms with Gasteiger partial charge in [0.2, 0.25) is 0 Å². The summed E-state index contributed by atoms with van der Waals surface area (Å²) < 4.78 is 11.1. The van der Waals surface area contributed by atoms with Crippen LogP contribution in [-0.4, -0.2) is 42.7 Å². The van der Waals surface area contributed by atoms with Crippen LogP contribution in [0.25, 0.3) is 0 Å². The first-order valence-corrected chi connectivity index (χ1v) is 11.7. The first-order valence-electron chi connectivity index (χ1n) is 11.7. The maximum absolute atomic E-state index is 12.8. The molecule has 1 saturated heterocycles. The lowest BCUT2D eigenvalue weighted by atomic mass is 9.81. The second kappa shape index (κ2) is 10.5. The summed E-state index contributed by atoms with van der Waals surface area (Å²) in [6.07, 6.45) is 4.89. The molecule has 6 nitrogen and oxygen atoms in total. The Kier molecular flexibility index (Phi) is 7.45. The van der Waals surface area contributed by atoms with Gasteiger partial charge >= 0.3 is 6.03 Å². The van der Waals surface area contributed by atoms with E-state index in [9.17, 15) is 9.90 Å². The molecule has 0 unspecified atom stereocenters. The van der Waals surface area contributed by atoms with Crippen LogP contribution in [-0.2, 0) is 15.1 Å². The minimum atomic E-state index is -1.33. The fourth-order valence-electron chi connectivity index (χ4n) is 4.94. The summed E-state index contributed by atoms with van der Waals surface area (Å²) in [7, 11) is 0. The Morgan fingerprint density at radius 2 is 1.50 bits per heavy atom. The lowest BCUT2D eigenvalue weighted by molar-refractivity contribution is -0.0601. The number of urea groups is 1. The molecule has 32 heavy (non-hydrogen) atoms. The number of aliphatic hydroxyl groups is 1. The van der Waals surface area contributed by atoms with E-state index in [0.29, 0.717) is 19.1 Å². The van der Waals surface area contributed by atoms with E-state index in [1.807, 2.05) is 67.6 Å². The topological polar surface area (TPSA) is 79.8 Å². The number of ether oxygens (including phenoxy) is 2. The number of hydrogen-bond acceptors (Lipinski definition) is 4. The average Bonchev–Trinajstić information content (AvgIpc) is 3.34. The van der Waals surface area contributed by atoms with Crippen LogP contribution >= 0.6 is 0 Å². The summed E-state index contributed by atoms with van der Waals surface area (Å²) >= 11 is 0. The number of carbonyl (C=O) groups excluding carboxylic acids is 1. The van der Waals surface area contributed by atoms with Gasteiger partial charge in [-0.1, -0.05) is 60.7 Å². The second-order valence-corrected chi connectivity index (χ2v) is 8.96. The van der Waals surface area contributed by atoms with Crippen molar-refractivity contribution in [3.05, 3.63) is 71.8 Å². The summed E-state index contributed by atoms with van der Waals surface area (Å²) in [5.41, 5.74) is 0.158. The zero-order valence-electron chi connectivity index (χ0n) is 18.7. The molecule has 0 aromatic heterocycles. The van der Waals surface area contributed by atoms with Crippen LogP contribution in [0.2, 0.25) is 0 Å². The zero-order chi connectivity index (χ0) is 22.4. The highest BCUT2D eigenvalue weighted by atomic mass is 16.7. The Balaban J connectivity index is 1.34. The molecular weight excluding hydrogens is 404 g/mol. The van der Waals surface area contributed by atoms with Crippen molar-refractivity contribution in [2.24, 2.45) is 5.92 Å². The van der Waals surface area contributed by atoms with Crippen LogP contribution in [0.1, 0.15) is 50.2 Å². The molecule has 2 fully saturated rings. The van der Waals surface area contributed by atoms with E-state index >= 15 is 0 Å². The molecule has 6 heteroatoms. The molecule has 0 bridgehead atoms. The number of amides is 2. The van der Waals surface area contributed by atoms with Gasteiger partial charge < -0.3 is 25.2 Å². The summed E-state index contributed by atoms with van der Waals surface area (Å²) in [6.45, 7) is 3.23. The third-order valence-corrected chi connectivity index (χ3v) is 6.80. The van der Waals surface area contributed by atoms with Crippen molar-refractivity contribution in [1.82, 2.24) is 10.6 Å². The quantitative estimate of drug-likeness (QED) is 0.612. The summed E-state index contributed by atoms with van der Waals surface area (Å²) in [5.74, 6) is 0.583. The van der Waals surface area contributed by atoms with Gasteiger partial charge in [0.05, 0.1) is 19.3 Å². The van der Waals surface area contributed by atoms with Gasteiger partial charge in [-0.15, -0.1) is 0 Å². The Bertz CT molecular complexity index is 807. The molecule has 2 aromatic carbocycles. The van der Waals surface area contributed by atoms with E-state index in [1.165, 1.54) is 0 Å². The molecule has 3 N–H and O–H groups in total. The normalized spacial score (nSPS) is 22.9. The number of rotatable bonds is 7. The highest BCUT2D eigenvalue weighted by Gasteiger charge is 2.38. The summed E-state index contributed by atoms with van der Waals surface area (Å²) in [5, 5.41) is 17.9. The van der Waals surface area contributed by atoms with Crippen molar-refractivity contribution < 1.29 is 19.4 Å². The van der Waals surface area contributed by atoms with Crippen molar-refractivity contribution >= 4 is 6.03 Å². The summed E-state index contributed by atoms with van der Waals surface area (Å²) in [6, 6.07) is 18.4. The molecule has 4 rings (SSSR count). The standard InChI is InChI=1S/C26H34N2O4/c1-19(26(30,21-8-4-2-5-9-21)22-10-6-3-7-11-22)27-25(29)28-23-14-12-20(13-15-23)18-24-31-16-17-32-24/h2-11,19-20,23-24,30H,12-18H2,1H3,(H2,27,28,29)/t19-,20-,23-/m1/s1. The van der Waals surface area contributed by atoms with Gasteiger partial charge in [-0.05, 0) is 49.7 Å². The minimum Gasteiger partial charge on any atom is -0.378 e. The highest BCUT2D eigenvalue weighted by molar-refractivity contribution is 5.75. The van der Waals surface area contributed by atoms with Crippen LogP contribution in [0.3, 0.4) is 0 Å². The lowest BCUT2D eigenvalue weighted by Gasteiger charge is -2.36. The molecule has 0 radical (unpaired) electrons. The lowest BCUT2D eigenvalue weighted by Crippen LogP contribution is -2.54. The van der Waals surface area contributed by atoms with Crippen LogP contribution in [0.4, 0.5) is 4.79 Å². The van der Waals surface area contributed by atoms with Crippen LogP contribution in [0.15, 0.2) is 60.7 Å². The maximum Gasteiger partial charge on any atom is 0.315 e. The van der Waals surface area contributed by atoms with Crippen LogP contribution < -0.4 is 10.6 Å². The minimum absolute atomic E-state index is 0.0534. The smallest absolute Gasteiger partial charge is 0.315 e. The Labute approximate surface area is 190 Å². The fourth-order valence-corrected chi connectivity index (χ4v) is 4.94. The number of benzene rings is 2. The van der Waals surface area contributed by atoms with Gasteiger partial charge in [0, 0.05) is 12.5 Å². The predicted molar refractivity (Wildman–Crippen MR) is 123 cm³/mol. The number of nitrogens with one attached hydrogen (secondary N) is 2. The van der Waals surface area contributed by atoms with Crippen molar-refractivity contribution in [2.45, 2.75) is 63.0 Å². The first kappa shape index (κ1) is 22.8. The average molecular weight is 439 g/mol. The van der Waals surface area contributed by atoms with Gasteiger partial charge in [-0.25, -0.2) is 4.79 Å². The Hall–Kier alpha value is -2.41. The molecule has 172 valence electrons. The molecule has 1 heterocycles. The van der Waals surface area contributed by atoms with Gasteiger partial charge in [-0.3, -0.25) is 0 Å². The molecule has 1 atom stereocenters. The van der Waals surface area contributed by atoms with Gasteiger partial charge in [-0.2, -0.15) is 0 Å². The van der Waals surface area contributed by atoms with E-state index in [4.69, 9.17) is 9.47 Å². The Morgan fingerprint density at radius 3 is 2.03 bits per heavy atom. The van der Waals surface area contributed by atoms with E-state index in [0.717, 1.165) is 43.2 Å². The van der Waals surface area contributed by atoms with E-state index in [2.05, 4.69) is 10.6 Å². The van der Waals surface area contributed by atoms with Crippen molar-refractivity contribution in [2.75, 3.05) is 13.2 Å². The molecule has 2 aromatic rings. The molecule has 2 amide bonds. The van der Waals surface area contributed by atoms with E-state index in [1.54, 1.807) is 0 Å². The van der Waals surface area contributed by atoms with E-state index < -0.39 is 11.6 Å². The molecule has 1 aliphatic heterocycles. The van der Waals surface area contributed by atoms with Crippen molar-refractivity contribution in [3.8, 4) is 0 Å². The van der Waals surface area contributed by atoms with E-state index in [-0.39, 0.29) is 18.4 Å². The summed E-state index contributed by atoms with van der Waals surface area (Å²) in [4.78, 5) is 12.8. The Morgan fingerprint density at radius 1 is 0.969 bits per heavy atom. The molecule has 1 aliphatic carbocycles. The monoisotopic (exact) mass is 438 g/mol. The number of hydrogen-bond donors (Lipinski definition) is 3. The van der Waals surface area contributed by atoms with Crippen LogP contribution in [0, 0.1) is 5.92 Å². The fraction of sp³-hybridized carbons (Fsp3) is 0.500. The van der Waals surface area contributed by atoms with Gasteiger partial charge in [0.25, 0.3) is 0 Å². The number of carbonyl (C=O) groups is 1. The molecule has 2 aliphatic rings. The maximum atomic E-state index is 12.8. The van der Waals surface area contributed by atoms with Crippen molar-refractivity contribution in [1.29, 1.82) is 0 Å². The largest absolute Gasteiger partial charge is 0.378 e. The zero-order valence-corrected chi connectivity index (χ0v) is 18.7. The molecule has 1 saturated carbocycles. The van der Waals surface area contributed by atoms with Gasteiger partial charge in [0.1, 0.15) is 5.60 Å².